The minimum atomic E-state index is -1.37. The van der Waals surface area contributed by atoms with E-state index in [1.54, 1.807) is 24.3 Å². The van der Waals surface area contributed by atoms with Crippen molar-refractivity contribution in [2.45, 2.75) is 31.0 Å². The summed E-state index contributed by atoms with van der Waals surface area (Å²) in [5.41, 5.74) is -1.17. The molecule has 0 bridgehead atoms. The number of ether oxygens (including phenoxy) is 4. The highest BCUT2D eigenvalue weighted by Crippen LogP contribution is 2.38. The number of carbonyl (C=O) groups excluding carboxylic acids is 2. The first-order valence-corrected chi connectivity index (χ1v) is 11.2. The average Bonchev–Trinajstić information content (AvgIpc) is 2.90. The first-order chi connectivity index (χ1) is 17.3. The molecule has 1 aliphatic rings. The molecule has 194 valence electrons. The minimum Gasteiger partial charge on any atom is -0.493 e. The van der Waals surface area contributed by atoms with Gasteiger partial charge in [0.15, 0.2) is 23.0 Å². The molecule has 2 aromatic rings. The van der Waals surface area contributed by atoms with Crippen LogP contribution in [0, 0.1) is 19.8 Å². The lowest BCUT2D eigenvalue weighted by Crippen LogP contribution is -2.49. The van der Waals surface area contributed by atoms with Crippen molar-refractivity contribution in [3.05, 3.63) is 61.4 Å². The van der Waals surface area contributed by atoms with Gasteiger partial charge in [0.2, 0.25) is 0 Å². The van der Waals surface area contributed by atoms with Crippen molar-refractivity contribution >= 4 is 11.9 Å². The van der Waals surface area contributed by atoms with Crippen molar-refractivity contribution in [1.29, 1.82) is 0 Å². The predicted molar refractivity (Wildman–Crippen MR) is 127 cm³/mol. The van der Waals surface area contributed by atoms with Gasteiger partial charge in [-0.15, -0.1) is 0 Å². The molecule has 0 amide bonds. The summed E-state index contributed by atoms with van der Waals surface area (Å²) in [5, 5.41) is 0. The highest BCUT2D eigenvalue weighted by atomic mass is 17.2. The third-order valence-corrected chi connectivity index (χ3v) is 5.88. The van der Waals surface area contributed by atoms with Crippen LogP contribution in [0.15, 0.2) is 36.4 Å². The predicted octanol–water partition coefficient (Wildman–Crippen LogP) is 4.17. The summed E-state index contributed by atoms with van der Waals surface area (Å²) >= 11 is 0. The molecule has 10 nitrogen and oxygen atoms in total. The van der Waals surface area contributed by atoms with E-state index in [0.717, 1.165) is 0 Å². The average molecular weight is 503 g/mol. The Morgan fingerprint density at radius 1 is 0.833 bits per heavy atom. The van der Waals surface area contributed by atoms with Crippen LogP contribution in [0.1, 0.15) is 40.0 Å². The minimum absolute atomic E-state index is 0.0206. The standard InChI is InChI=1S/C26H30O10/c1-16-13-14-26(2,36-35-25(28)18-10-8-12-20(30-4)23(18)32-6)21(15-16)33-34-24(27)17-9-7-11-19(29-3)22(17)31-5/h7-12,16,21H,1-2,13-15H2,3-6H3. The van der Waals surface area contributed by atoms with Crippen LogP contribution in [0.2, 0.25) is 0 Å². The molecule has 0 N–H and O–H groups in total. The van der Waals surface area contributed by atoms with Crippen LogP contribution in [0.5, 0.6) is 23.0 Å². The van der Waals surface area contributed by atoms with E-state index in [0.29, 0.717) is 30.8 Å². The SMILES string of the molecule is [CH2]C1CCC([CH2])(OOC(=O)c2cccc(OC)c2OC)C(OOC(=O)c2cccc(OC)c2OC)C1. The summed E-state index contributed by atoms with van der Waals surface area (Å²) in [6, 6.07) is 9.54. The van der Waals surface area contributed by atoms with Gasteiger partial charge < -0.3 is 18.9 Å². The van der Waals surface area contributed by atoms with Gasteiger partial charge in [-0.1, -0.05) is 19.1 Å². The fraction of sp³-hybridized carbons (Fsp3) is 0.385. The molecule has 2 aromatic carbocycles. The fourth-order valence-corrected chi connectivity index (χ4v) is 3.88. The lowest BCUT2D eigenvalue weighted by Gasteiger charge is -2.39. The Hall–Kier alpha value is -3.50. The van der Waals surface area contributed by atoms with Crippen molar-refractivity contribution in [1.82, 2.24) is 0 Å². The molecule has 3 atom stereocenters. The van der Waals surface area contributed by atoms with Gasteiger partial charge in [0.25, 0.3) is 0 Å². The van der Waals surface area contributed by atoms with Gasteiger partial charge in [0.1, 0.15) is 22.8 Å². The molecule has 0 heterocycles. The molecule has 10 heteroatoms. The summed E-state index contributed by atoms with van der Waals surface area (Å²) in [6.07, 6.45) is 0.413. The van der Waals surface area contributed by atoms with Crippen molar-refractivity contribution in [3.8, 4) is 23.0 Å². The van der Waals surface area contributed by atoms with Gasteiger partial charge in [-0.05, 0) is 56.4 Å². The second-order valence-electron chi connectivity index (χ2n) is 8.20. The van der Waals surface area contributed by atoms with E-state index in [1.165, 1.54) is 40.6 Å². The van der Waals surface area contributed by atoms with E-state index in [2.05, 4.69) is 13.8 Å². The molecule has 0 aliphatic heterocycles. The Labute approximate surface area is 210 Å². The molecule has 1 aliphatic carbocycles. The van der Waals surface area contributed by atoms with Crippen LogP contribution in [-0.2, 0) is 19.6 Å². The fourth-order valence-electron chi connectivity index (χ4n) is 3.88. The third kappa shape index (κ3) is 5.83. The number of carbonyl (C=O) groups is 2. The summed E-state index contributed by atoms with van der Waals surface area (Å²) in [5.74, 6) is -0.535. The van der Waals surface area contributed by atoms with Gasteiger partial charge in [-0.2, -0.15) is 9.78 Å². The number of benzene rings is 2. The van der Waals surface area contributed by atoms with Crippen molar-refractivity contribution in [2.75, 3.05) is 28.4 Å². The zero-order valence-corrected chi connectivity index (χ0v) is 20.7. The van der Waals surface area contributed by atoms with Crippen LogP contribution in [0.3, 0.4) is 0 Å². The first-order valence-electron chi connectivity index (χ1n) is 11.2. The third-order valence-electron chi connectivity index (χ3n) is 5.88. The number of hydrogen-bond donors (Lipinski definition) is 0. The molecule has 2 radical (unpaired) electrons. The molecule has 1 fully saturated rings. The molecule has 1 saturated carbocycles. The lowest BCUT2D eigenvalue weighted by atomic mass is 9.78. The molecule has 0 aromatic heterocycles. The highest BCUT2D eigenvalue weighted by molar-refractivity contribution is 5.93. The second kappa shape index (κ2) is 12.0. The number of para-hydroxylation sites is 2. The van der Waals surface area contributed by atoms with Gasteiger partial charge in [-0.25, -0.2) is 9.59 Å². The Morgan fingerprint density at radius 2 is 1.36 bits per heavy atom. The van der Waals surface area contributed by atoms with Crippen molar-refractivity contribution in [3.63, 3.8) is 0 Å². The molecule has 0 saturated heterocycles. The van der Waals surface area contributed by atoms with E-state index in [9.17, 15) is 9.59 Å². The maximum Gasteiger partial charge on any atom is 0.376 e. The van der Waals surface area contributed by atoms with Gasteiger partial charge in [-0.3, -0.25) is 9.78 Å². The Kier molecular flexibility index (Phi) is 9.00. The summed E-state index contributed by atoms with van der Waals surface area (Å²) in [4.78, 5) is 46.7. The van der Waals surface area contributed by atoms with Gasteiger partial charge >= 0.3 is 11.9 Å². The van der Waals surface area contributed by atoms with Gasteiger partial charge in [0, 0.05) is 0 Å². The molecular formula is C26H30O10. The first kappa shape index (κ1) is 27.1. The monoisotopic (exact) mass is 502 g/mol. The highest BCUT2D eigenvalue weighted by Gasteiger charge is 2.45. The topological polar surface area (TPSA) is 108 Å². The van der Waals surface area contributed by atoms with E-state index < -0.39 is 23.6 Å². The zero-order valence-electron chi connectivity index (χ0n) is 20.7. The summed E-state index contributed by atoms with van der Waals surface area (Å²) in [7, 11) is 5.72. The van der Waals surface area contributed by atoms with Crippen molar-refractivity contribution < 1.29 is 48.1 Å². The van der Waals surface area contributed by atoms with Crippen molar-refractivity contribution in [2.24, 2.45) is 5.92 Å². The summed E-state index contributed by atoms with van der Waals surface area (Å²) < 4.78 is 21.0. The molecule has 0 spiro atoms. The molecule has 36 heavy (non-hydrogen) atoms. The maximum absolute atomic E-state index is 12.8. The number of hydrogen-bond acceptors (Lipinski definition) is 10. The molecule has 3 unspecified atom stereocenters. The maximum atomic E-state index is 12.8. The zero-order chi connectivity index (χ0) is 26.3. The van der Waals surface area contributed by atoms with E-state index >= 15 is 0 Å². The van der Waals surface area contributed by atoms with Crippen LogP contribution in [0.25, 0.3) is 0 Å². The van der Waals surface area contributed by atoms with E-state index in [4.69, 9.17) is 38.5 Å². The van der Waals surface area contributed by atoms with Crippen LogP contribution >= 0.6 is 0 Å². The van der Waals surface area contributed by atoms with E-state index in [-0.39, 0.29) is 28.5 Å². The van der Waals surface area contributed by atoms with Gasteiger partial charge in [0.05, 0.1) is 28.4 Å². The molecule has 3 rings (SSSR count). The normalized spacial score (nSPS) is 21.3. The smallest absolute Gasteiger partial charge is 0.376 e. The lowest BCUT2D eigenvalue weighted by molar-refractivity contribution is -0.380. The Bertz CT molecular complexity index is 1070. The Balaban J connectivity index is 1.72. The quantitative estimate of drug-likeness (QED) is 0.347. The number of rotatable bonds is 10. The Morgan fingerprint density at radius 3 is 1.86 bits per heavy atom. The van der Waals surface area contributed by atoms with Crippen LogP contribution in [0.4, 0.5) is 0 Å². The number of methoxy groups -OCH3 is 4. The largest absolute Gasteiger partial charge is 0.493 e. The molecular weight excluding hydrogens is 472 g/mol. The van der Waals surface area contributed by atoms with Crippen LogP contribution < -0.4 is 18.9 Å². The second-order valence-corrected chi connectivity index (χ2v) is 8.20. The summed E-state index contributed by atoms with van der Waals surface area (Å²) in [6.45, 7) is 8.11. The van der Waals surface area contributed by atoms with E-state index in [1.807, 2.05) is 0 Å². The van der Waals surface area contributed by atoms with Crippen LogP contribution in [-0.4, -0.2) is 52.1 Å².